The summed E-state index contributed by atoms with van der Waals surface area (Å²) in [5.41, 5.74) is 0.509. The fourth-order valence-electron chi connectivity index (χ4n) is 2.74. The molecule has 8 nitrogen and oxygen atoms in total. The third kappa shape index (κ3) is 7.06. The maximum absolute atomic E-state index is 12.6. The van der Waals surface area contributed by atoms with Crippen LogP contribution in [0.4, 0.5) is 5.69 Å². The van der Waals surface area contributed by atoms with Gasteiger partial charge in [-0.3, -0.25) is 9.10 Å². The normalized spacial score (nSPS) is 13.1. The van der Waals surface area contributed by atoms with Gasteiger partial charge in [0.25, 0.3) is 5.91 Å². The van der Waals surface area contributed by atoms with E-state index >= 15 is 0 Å². The Labute approximate surface area is 184 Å². The molecule has 2 atom stereocenters. The largest absolute Gasteiger partial charge is 0.493 e. The van der Waals surface area contributed by atoms with Crippen LogP contribution in [-0.2, 0) is 14.8 Å². The quantitative estimate of drug-likeness (QED) is 0.566. The monoisotopic (exact) mass is 450 g/mol. The number of para-hydroxylation sites is 2. The number of carbonyl (C=O) groups is 1. The lowest BCUT2D eigenvalue weighted by molar-refractivity contribution is -0.128. The average Bonchev–Trinajstić information content (AvgIpc) is 2.75. The number of sulfonamides is 1. The van der Waals surface area contributed by atoms with Crippen molar-refractivity contribution in [2.45, 2.75) is 32.4 Å². The highest BCUT2D eigenvalue weighted by Gasteiger charge is 2.21. The van der Waals surface area contributed by atoms with Gasteiger partial charge >= 0.3 is 0 Å². The number of methoxy groups -OCH3 is 1. The Bertz CT molecular complexity index is 962. The Morgan fingerprint density at radius 3 is 2.26 bits per heavy atom. The standard InChI is InChI=1S/C22H30N2O6S/c1-6-19(30-18-13-11-17(12-14-18)24(3)31(5,26)27)22(25)23-16(2)15-29-21-10-8-7-9-20(21)28-4/h7-14,16,19H,6,15H2,1-5H3,(H,23,25)/t16-,19+/m0/s1. The number of hydrogen-bond acceptors (Lipinski definition) is 6. The molecule has 0 aliphatic rings. The molecule has 1 amide bonds. The number of carbonyl (C=O) groups excluding carboxylic acids is 1. The first-order chi connectivity index (χ1) is 14.7. The number of hydrogen-bond donors (Lipinski definition) is 1. The van der Waals surface area contributed by atoms with Crippen LogP contribution in [0, 0.1) is 0 Å². The average molecular weight is 451 g/mol. The summed E-state index contributed by atoms with van der Waals surface area (Å²) >= 11 is 0. The van der Waals surface area contributed by atoms with E-state index in [-0.39, 0.29) is 18.6 Å². The van der Waals surface area contributed by atoms with Gasteiger partial charge in [-0.05, 0) is 49.7 Å². The Morgan fingerprint density at radius 2 is 1.71 bits per heavy atom. The molecule has 0 aromatic heterocycles. The van der Waals surface area contributed by atoms with Gasteiger partial charge in [-0.15, -0.1) is 0 Å². The first-order valence-electron chi connectivity index (χ1n) is 9.92. The van der Waals surface area contributed by atoms with Crippen LogP contribution < -0.4 is 23.8 Å². The number of rotatable bonds is 11. The molecule has 0 aliphatic heterocycles. The molecular weight excluding hydrogens is 420 g/mol. The van der Waals surface area contributed by atoms with E-state index in [1.807, 2.05) is 26.0 Å². The van der Waals surface area contributed by atoms with Gasteiger partial charge in [-0.2, -0.15) is 0 Å². The summed E-state index contributed by atoms with van der Waals surface area (Å²) in [6.45, 7) is 3.97. The third-order valence-electron chi connectivity index (χ3n) is 4.59. The molecule has 2 aromatic carbocycles. The minimum absolute atomic E-state index is 0.249. The van der Waals surface area contributed by atoms with E-state index in [4.69, 9.17) is 14.2 Å². The molecule has 0 aliphatic carbocycles. The van der Waals surface area contributed by atoms with Crippen LogP contribution in [0.5, 0.6) is 17.2 Å². The topological polar surface area (TPSA) is 94.2 Å². The van der Waals surface area contributed by atoms with E-state index in [1.165, 1.54) is 11.4 Å². The van der Waals surface area contributed by atoms with Crippen molar-refractivity contribution >= 4 is 21.6 Å². The maximum Gasteiger partial charge on any atom is 0.261 e. The van der Waals surface area contributed by atoms with Gasteiger partial charge in [0.05, 0.1) is 25.1 Å². The summed E-state index contributed by atoms with van der Waals surface area (Å²) in [7, 11) is -0.299. The number of anilines is 1. The molecule has 9 heteroatoms. The summed E-state index contributed by atoms with van der Waals surface area (Å²) in [4.78, 5) is 12.6. The minimum Gasteiger partial charge on any atom is -0.493 e. The van der Waals surface area contributed by atoms with E-state index < -0.39 is 16.1 Å². The van der Waals surface area contributed by atoms with Crippen LogP contribution in [0.15, 0.2) is 48.5 Å². The molecule has 2 rings (SSSR count). The van der Waals surface area contributed by atoms with Crippen molar-refractivity contribution in [3.8, 4) is 17.2 Å². The van der Waals surface area contributed by atoms with Crippen molar-refractivity contribution in [1.82, 2.24) is 5.32 Å². The molecule has 0 fully saturated rings. The minimum atomic E-state index is -3.34. The van der Waals surface area contributed by atoms with Crippen molar-refractivity contribution < 1.29 is 27.4 Å². The fourth-order valence-corrected chi connectivity index (χ4v) is 3.25. The number of amides is 1. The lowest BCUT2D eigenvalue weighted by Crippen LogP contribution is -2.44. The highest BCUT2D eigenvalue weighted by Crippen LogP contribution is 2.26. The van der Waals surface area contributed by atoms with Crippen LogP contribution in [0.1, 0.15) is 20.3 Å². The smallest absolute Gasteiger partial charge is 0.261 e. The second-order valence-corrected chi connectivity index (χ2v) is 9.12. The zero-order chi connectivity index (χ0) is 23.0. The number of nitrogens with zero attached hydrogens (tertiary/aromatic N) is 1. The number of benzene rings is 2. The summed E-state index contributed by atoms with van der Waals surface area (Å²) in [6.07, 6.45) is 0.914. The second-order valence-electron chi connectivity index (χ2n) is 7.11. The van der Waals surface area contributed by atoms with Gasteiger partial charge in [0.2, 0.25) is 10.0 Å². The molecule has 0 spiro atoms. The Kier molecular flexibility index (Phi) is 8.56. The molecule has 0 heterocycles. The van der Waals surface area contributed by atoms with Gasteiger partial charge in [-0.25, -0.2) is 8.42 Å². The molecule has 0 bridgehead atoms. The molecule has 0 radical (unpaired) electrons. The first kappa shape index (κ1) is 24.3. The third-order valence-corrected chi connectivity index (χ3v) is 5.79. The maximum atomic E-state index is 12.6. The van der Waals surface area contributed by atoms with Crippen LogP contribution in [0.2, 0.25) is 0 Å². The lowest BCUT2D eigenvalue weighted by atomic mass is 10.2. The Morgan fingerprint density at radius 1 is 1.10 bits per heavy atom. The predicted molar refractivity (Wildman–Crippen MR) is 120 cm³/mol. The van der Waals surface area contributed by atoms with Crippen LogP contribution in [0.25, 0.3) is 0 Å². The van der Waals surface area contributed by atoms with Crippen LogP contribution in [-0.4, -0.2) is 53.5 Å². The van der Waals surface area contributed by atoms with Crippen molar-refractivity contribution in [3.05, 3.63) is 48.5 Å². The summed E-state index contributed by atoms with van der Waals surface area (Å²) in [6, 6.07) is 13.6. The highest BCUT2D eigenvalue weighted by atomic mass is 32.2. The summed E-state index contributed by atoms with van der Waals surface area (Å²) in [5, 5.41) is 2.89. The highest BCUT2D eigenvalue weighted by molar-refractivity contribution is 7.92. The van der Waals surface area contributed by atoms with E-state index in [9.17, 15) is 13.2 Å². The second kappa shape index (κ2) is 10.9. The van der Waals surface area contributed by atoms with Gasteiger partial charge in [0, 0.05) is 7.05 Å². The van der Waals surface area contributed by atoms with Crippen LogP contribution in [0.3, 0.4) is 0 Å². The Balaban J connectivity index is 1.92. The first-order valence-corrected chi connectivity index (χ1v) is 11.8. The number of nitrogens with one attached hydrogen (secondary N) is 1. The van der Waals surface area contributed by atoms with Crippen LogP contribution >= 0.6 is 0 Å². The molecule has 1 N–H and O–H groups in total. The molecule has 31 heavy (non-hydrogen) atoms. The molecule has 2 aromatic rings. The van der Waals surface area contributed by atoms with E-state index in [0.29, 0.717) is 29.4 Å². The van der Waals surface area contributed by atoms with E-state index in [2.05, 4.69) is 5.32 Å². The molecule has 0 unspecified atom stereocenters. The van der Waals surface area contributed by atoms with Crippen molar-refractivity contribution in [1.29, 1.82) is 0 Å². The van der Waals surface area contributed by atoms with Gasteiger partial charge in [0.15, 0.2) is 17.6 Å². The molecule has 0 saturated carbocycles. The summed E-state index contributed by atoms with van der Waals surface area (Å²) in [5.74, 6) is 1.45. The van der Waals surface area contributed by atoms with Crippen molar-refractivity contribution in [2.24, 2.45) is 0 Å². The zero-order valence-corrected chi connectivity index (χ0v) is 19.3. The lowest BCUT2D eigenvalue weighted by Gasteiger charge is -2.22. The molecular formula is C22H30N2O6S. The molecule has 170 valence electrons. The SMILES string of the molecule is CC[C@@H](Oc1ccc(N(C)S(C)(=O)=O)cc1)C(=O)N[C@@H](C)COc1ccccc1OC. The van der Waals surface area contributed by atoms with Crippen molar-refractivity contribution in [2.75, 3.05) is 31.3 Å². The number of ether oxygens (including phenoxy) is 3. The van der Waals surface area contributed by atoms with E-state index in [0.717, 1.165) is 6.26 Å². The van der Waals surface area contributed by atoms with Gasteiger partial charge in [-0.1, -0.05) is 19.1 Å². The Hall–Kier alpha value is -2.94. The van der Waals surface area contributed by atoms with Gasteiger partial charge < -0.3 is 19.5 Å². The predicted octanol–water partition coefficient (Wildman–Crippen LogP) is 2.83. The van der Waals surface area contributed by atoms with Gasteiger partial charge in [0.1, 0.15) is 12.4 Å². The van der Waals surface area contributed by atoms with E-state index in [1.54, 1.807) is 43.5 Å². The summed E-state index contributed by atoms with van der Waals surface area (Å²) < 4.78 is 41.3. The zero-order valence-electron chi connectivity index (χ0n) is 18.5. The fraction of sp³-hybridized carbons (Fsp3) is 0.409. The molecule has 0 saturated heterocycles. The van der Waals surface area contributed by atoms with Crippen molar-refractivity contribution in [3.63, 3.8) is 0 Å².